The van der Waals surface area contributed by atoms with Crippen LogP contribution in [0.15, 0.2) is 0 Å². The average Bonchev–Trinajstić information content (AvgIpc) is 2.40. The molecule has 0 spiro atoms. The fourth-order valence-corrected chi connectivity index (χ4v) is 2.90. The molecule has 2 N–H and O–H groups in total. The highest BCUT2D eigenvalue weighted by Crippen LogP contribution is 2.16. The third-order valence-electron chi connectivity index (χ3n) is 4.02. The molecular weight excluding hydrogens is 276 g/mol. The van der Waals surface area contributed by atoms with Gasteiger partial charge in [-0.1, -0.05) is 0 Å². The van der Waals surface area contributed by atoms with Crippen LogP contribution in [0, 0.1) is 0 Å². The number of carboxylic acids is 1. The Labute approximate surface area is 123 Å². The van der Waals surface area contributed by atoms with Crippen molar-refractivity contribution in [3.05, 3.63) is 0 Å². The molecule has 0 bridgehead atoms. The van der Waals surface area contributed by atoms with Crippen molar-refractivity contribution in [2.75, 3.05) is 39.8 Å². The van der Waals surface area contributed by atoms with Crippen LogP contribution in [0.1, 0.15) is 13.3 Å². The number of urea groups is 1. The van der Waals surface area contributed by atoms with Crippen molar-refractivity contribution < 1.29 is 19.5 Å². The molecule has 2 unspecified atom stereocenters. The van der Waals surface area contributed by atoms with Crippen LogP contribution in [0.25, 0.3) is 0 Å². The summed E-state index contributed by atoms with van der Waals surface area (Å²) in [5.41, 5.74) is 0. The number of hydrogen-bond donors (Lipinski definition) is 2. The summed E-state index contributed by atoms with van der Waals surface area (Å²) in [6, 6.07) is -1.11. The zero-order chi connectivity index (χ0) is 15.6. The van der Waals surface area contributed by atoms with Crippen LogP contribution in [-0.4, -0.2) is 89.6 Å². The van der Waals surface area contributed by atoms with E-state index in [1.807, 2.05) is 14.0 Å². The first-order chi connectivity index (χ1) is 9.90. The summed E-state index contributed by atoms with van der Waals surface area (Å²) in [6.07, 6.45) is -0.361. The fourth-order valence-electron chi connectivity index (χ4n) is 2.90. The third kappa shape index (κ3) is 3.44. The molecule has 2 atom stereocenters. The number of hydrogen-bond acceptors (Lipinski definition) is 4. The van der Waals surface area contributed by atoms with E-state index in [1.165, 1.54) is 4.90 Å². The van der Waals surface area contributed by atoms with E-state index in [0.717, 1.165) is 13.1 Å². The van der Waals surface area contributed by atoms with E-state index in [-0.39, 0.29) is 18.5 Å². The largest absolute Gasteiger partial charge is 0.481 e. The van der Waals surface area contributed by atoms with Crippen LogP contribution >= 0.6 is 0 Å². The Hall–Kier alpha value is -1.83. The van der Waals surface area contributed by atoms with Crippen LogP contribution in [0.3, 0.4) is 0 Å². The van der Waals surface area contributed by atoms with Gasteiger partial charge in [-0.3, -0.25) is 9.59 Å². The molecule has 2 aliphatic rings. The first-order valence-electron chi connectivity index (χ1n) is 7.15. The van der Waals surface area contributed by atoms with Crippen molar-refractivity contribution >= 4 is 17.9 Å². The third-order valence-corrected chi connectivity index (χ3v) is 4.02. The van der Waals surface area contributed by atoms with E-state index in [4.69, 9.17) is 5.11 Å². The average molecular weight is 298 g/mol. The van der Waals surface area contributed by atoms with Gasteiger partial charge in [0.15, 0.2) is 0 Å². The lowest BCUT2D eigenvalue weighted by Gasteiger charge is -2.43. The molecule has 0 aliphatic carbocycles. The molecular formula is C13H22N4O4. The molecule has 0 radical (unpaired) electrons. The molecule has 8 heteroatoms. The molecule has 2 aliphatic heterocycles. The summed E-state index contributed by atoms with van der Waals surface area (Å²) in [7, 11) is 2.00. The van der Waals surface area contributed by atoms with Crippen molar-refractivity contribution in [3.63, 3.8) is 0 Å². The first kappa shape index (κ1) is 15.6. The number of aliphatic carboxylic acids is 1. The standard InChI is InChI=1S/C13H22N4O4/c1-9-8-15(2)5-6-16(9)13(21)17-4-3-14-12(20)10(17)7-11(18)19/h9-10H,3-8H2,1-2H3,(H,14,20)(H,18,19). The van der Waals surface area contributed by atoms with Crippen LogP contribution in [-0.2, 0) is 9.59 Å². The van der Waals surface area contributed by atoms with Gasteiger partial charge in [0.2, 0.25) is 5.91 Å². The number of carbonyl (C=O) groups is 3. The maximum Gasteiger partial charge on any atom is 0.321 e. The minimum atomic E-state index is -1.08. The molecule has 2 heterocycles. The summed E-state index contributed by atoms with van der Waals surface area (Å²) >= 11 is 0. The van der Waals surface area contributed by atoms with Crippen molar-refractivity contribution in [1.82, 2.24) is 20.0 Å². The van der Waals surface area contributed by atoms with Gasteiger partial charge in [0.25, 0.3) is 0 Å². The molecule has 2 saturated heterocycles. The molecule has 8 nitrogen and oxygen atoms in total. The number of piperazine rings is 2. The van der Waals surface area contributed by atoms with Gasteiger partial charge in [0.1, 0.15) is 6.04 Å². The van der Waals surface area contributed by atoms with Crippen LogP contribution in [0.4, 0.5) is 4.79 Å². The Morgan fingerprint density at radius 1 is 1.29 bits per heavy atom. The highest BCUT2D eigenvalue weighted by atomic mass is 16.4. The van der Waals surface area contributed by atoms with Gasteiger partial charge in [-0.2, -0.15) is 0 Å². The van der Waals surface area contributed by atoms with Gasteiger partial charge < -0.3 is 25.1 Å². The van der Waals surface area contributed by atoms with Crippen molar-refractivity contribution in [2.24, 2.45) is 0 Å². The van der Waals surface area contributed by atoms with Crippen molar-refractivity contribution in [1.29, 1.82) is 0 Å². The van der Waals surface area contributed by atoms with Crippen LogP contribution in [0.2, 0.25) is 0 Å². The molecule has 21 heavy (non-hydrogen) atoms. The molecule has 0 aromatic rings. The molecule has 0 saturated carbocycles. The smallest absolute Gasteiger partial charge is 0.321 e. The van der Waals surface area contributed by atoms with Crippen LogP contribution < -0.4 is 5.32 Å². The summed E-state index contributed by atoms with van der Waals surface area (Å²) in [5.74, 6) is -1.47. The minimum absolute atomic E-state index is 0.0479. The van der Waals surface area contributed by atoms with E-state index in [9.17, 15) is 14.4 Å². The molecule has 118 valence electrons. The Morgan fingerprint density at radius 3 is 2.62 bits per heavy atom. The Balaban J connectivity index is 2.11. The predicted octanol–water partition coefficient (Wildman–Crippen LogP) is -0.983. The lowest BCUT2D eigenvalue weighted by Crippen LogP contribution is -2.63. The van der Waals surface area contributed by atoms with Gasteiger partial charge in [0, 0.05) is 38.8 Å². The highest BCUT2D eigenvalue weighted by Gasteiger charge is 2.38. The summed E-state index contributed by atoms with van der Waals surface area (Å²) in [6.45, 7) is 4.82. The zero-order valence-corrected chi connectivity index (χ0v) is 12.4. The lowest BCUT2D eigenvalue weighted by atomic mass is 10.1. The number of likely N-dealkylation sites (N-methyl/N-ethyl adjacent to an activating group) is 1. The minimum Gasteiger partial charge on any atom is -0.481 e. The number of nitrogens with zero attached hydrogens (tertiary/aromatic N) is 3. The first-order valence-corrected chi connectivity index (χ1v) is 7.15. The second-order valence-corrected chi connectivity index (χ2v) is 5.69. The topological polar surface area (TPSA) is 93.2 Å². The van der Waals surface area contributed by atoms with Crippen molar-refractivity contribution in [2.45, 2.75) is 25.4 Å². The number of rotatable bonds is 2. The quantitative estimate of drug-likeness (QED) is 0.683. The van der Waals surface area contributed by atoms with Crippen molar-refractivity contribution in [3.8, 4) is 0 Å². The van der Waals surface area contributed by atoms with E-state index < -0.39 is 17.9 Å². The summed E-state index contributed by atoms with van der Waals surface area (Å²) in [5, 5.41) is 11.6. The fraction of sp³-hybridized carbons (Fsp3) is 0.769. The molecule has 2 fully saturated rings. The van der Waals surface area contributed by atoms with E-state index >= 15 is 0 Å². The number of carboxylic acid groups (broad SMARTS) is 1. The van der Waals surface area contributed by atoms with Gasteiger partial charge in [-0.15, -0.1) is 0 Å². The summed E-state index contributed by atoms with van der Waals surface area (Å²) in [4.78, 5) is 40.7. The van der Waals surface area contributed by atoms with Gasteiger partial charge in [0.05, 0.1) is 6.42 Å². The van der Waals surface area contributed by atoms with E-state index in [0.29, 0.717) is 19.6 Å². The lowest BCUT2D eigenvalue weighted by molar-refractivity contribution is -0.142. The monoisotopic (exact) mass is 298 g/mol. The molecule has 0 aromatic carbocycles. The van der Waals surface area contributed by atoms with Gasteiger partial charge in [-0.25, -0.2) is 4.79 Å². The Bertz CT molecular complexity index is 442. The normalized spacial score (nSPS) is 27.4. The SMILES string of the molecule is CC1CN(C)CCN1C(=O)N1CCNC(=O)C1CC(=O)O. The maximum atomic E-state index is 12.7. The second-order valence-electron chi connectivity index (χ2n) is 5.69. The van der Waals surface area contributed by atoms with Gasteiger partial charge >= 0.3 is 12.0 Å². The number of nitrogens with one attached hydrogen (secondary N) is 1. The van der Waals surface area contributed by atoms with E-state index in [2.05, 4.69) is 10.2 Å². The van der Waals surface area contributed by atoms with E-state index in [1.54, 1.807) is 4.90 Å². The summed E-state index contributed by atoms with van der Waals surface area (Å²) < 4.78 is 0. The van der Waals surface area contributed by atoms with Gasteiger partial charge in [-0.05, 0) is 14.0 Å². The molecule has 3 amide bonds. The number of carbonyl (C=O) groups excluding carboxylic acids is 2. The Kier molecular flexibility index (Phi) is 4.66. The molecule has 0 aromatic heterocycles. The zero-order valence-electron chi connectivity index (χ0n) is 12.4. The maximum absolute atomic E-state index is 12.7. The second kappa shape index (κ2) is 6.30. The Morgan fingerprint density at radius 2 is 2.00 bits per heavy atom. The highest BCUT2D eigenvalue weighted by molar-refractivity contribution is 5.91. The van der Waals surface area contributed by atoms with Crippen LogP contribution in [0.5, 0.6) is 0 Å². The predicted molar refractivity (Wildman–Crippen MR) is 74.8 cm³/mol. The number of amides is 3. The molecule has 2 rings (SSSR count).